The SMILES string of the molecule is O=C([O-])c1cccc([O-])c1C(=O)O. The smallest absolute Gasteiger partial charge is 0.335 e. The van der Waals surface area contributed by atoms with Gasteiger partial charge in [0.15, 0.2) is 0 Å². The Morgan fingerprint density at radius 2 is 1.92 bits per heavy atom. The van der Waals surface area contributed by atoms with E-state index in [9.17, 15) is 19.8 Å². The quantitative estimate of drug-likeness (QED) is 0.617. The first kappa shape index (κ1) is 9.05. The van der Waals surface area contributed by atoms with Gasteiger partial charge in [-0.15, -0.1) is 0 Å². The first-order valence-electron chi connectivity index (χ1n) is 3.28. The summed E-state index contributed by atoms with van der Waals surface area (Å²) in [4.78, 5) is 20.8. The molecule has 1 N–H and O–H groups in total. The number of carbonyl (C=O) groups is 2. The molecule has 0 aliphatic carbocycles. The van der Waals surface area contributed by atoms with E-state index in [-0.39, 0.29) is 0 Å². The Labute approximate surface area is 72.9 Å². The van der Waals surface area contributed by atoms with Crippen molar-refractivity contribution in [2.45, 2.75) is 0 Å². The second-order valence-electron chi connectivity index (χ2n) is 2.27. The third kappa shape index (κ3) is 1.58. The Kier molecular flexibility index (Phi) is 2.19. The van der Waals surface area contributed by atoms with E-state index in [0.29, 0.717) is 0 Å². The van der Waals surface area contributed by atoms with Crippen molar-refractivity contribution in [3.63, 3.8) is 0 Å². The molecule has 1 rings (SSSR count). The lowest BCUT2D eigenvalue weighted by atomic mass is 10.1. The monoisotopic (exact) mass is 180 g/mol. The Bertz CT molecular complexity index is 369. The zero-order chi connectivity index (χ0) is 10.0. The van der Waals surface area contributed by atoms with Crippen LogP contribution in [0.5, 0.6) is 5.75 Å². The molecule has 0 unspecified atom stereocenters. The Balaban J connectivity index is 3.43. The Morgan fingerprint density at radius 1 is 1.31 bits per heavy atom. The predicted molar refractivity (Wildman–Crippen MR) is 37.2 cm³/mol. The van der Waals surface area contributed by atoms with Gasteiger partial charge in [0.1, 0.15) is 0 Å². The minimum Gasteiger partial charge on any atom is -0.872 e. The molecule has 5 nitrogen and oxygen atoms in total. The van der Waals surface area contributed by atoms with Crippen LogP contribution in [0.4, 0.5) is 0 Å². The molecule has 0 spiro atoms. The van der Waals surface area contributed by atoms with Crippen LogP contribution in [0.25, 0.3) is 0 Å². The van der Waals surface area contributed by atoms with E-state index in [2.05, 4.69) is 0 Å². The van der Waals surface area contributed by atoms with Gasteiger partial charge in [-0.3, -0.25) is 0 Å². The highest BCUT2D eigenvalue weighted by molar-refractivity contribution is 6.02. The van der Waals surface area contributed by atoms with Crippen LogP contribution in [0, 0.1) is 0 Å². The van der Waals surface area contributed by atoms with E-state index in [1.807, 2.05) is 0 Å². The van der Waals surface area contributed by atoms with Gasteiger partial charge in [0.05, 0.1) is 11.5 Å². The number of benzene rings is 1. The largest absolute Gasteiger partial charge is 0.872 e. The maximum atomic E-state index is 10.9. The number of carbonyl (C=O) groups excluding carboxylic acids is 1. The van der Waals surface area contributed by atoms with Crippen LogP contribution in [0.2, 0.25) is 0 Å². The zero-order valence-electron chi connectivity index (χ0n) is 6.31. The van der Waals surface area contributed by atoms with Gasteiger partial charge in [0, 0.05) is 5.56 Å². The maximum Gasteiger partial charge on any atom is 0.335 e. The molecule has 0 aliphatic rings. The fraction of sp³-hybridized carbons (Fsp3) is 0. The van der Waals surface area contributed by atoms with Crippen LogP contribution in [-0.2, 0) is 0 Å². The van der Waals surface area contributed by atoms with Crippen molar-refractivity contribution in [1.82, 2.24) is 0 Å². The second kappa shape index (κ2) is 3.14. The number of carboxylic acid groups (broad SMARTS) is 2. The van der Waals surface area contributed by atoms with Gasteiger partial charge in [-0.05, 0) is 0 Å². The average molecular weight is 180 g/mol. The van der Waals surface area contributed by atoms with E-state index >= 15 is 0 Å². The second-order valence-corrected chi connectivity index (χ2v) is 2.27. The molecular formula is C8H4O5-2. The summed E-state index contributed by atoms with van der Waals surface area (Å²) in [5, 5.41) is 29.8. The Morgan fingerprint density at radius 3 is 2.31 bits per heavy atom. The number of hydrogen-bond donors (Lipinski definition) is 1. The van der Waals surface area contributed by atoms with E-state index in [1.54, 1.807) is 0 Å². The van der Waals surface area contributed by atoms with E-state index < -0.39 is 28.8 Å². The molecule has 0 heterocycles. The van der Waals surface area contributed by atoms with E-state index in [0.717, 1.165) is 12.1 Å². The molecule has 0 aromatic heterocycles. The molecule has 13 heavy (non-hydrogen) atoms. The summed E-state index contributed by atoms with van der Waals surface area (Å²) in [7, 11) is 0. The van der Waals surface area contributed by atoms with Crippen LogP contribution in [0.15, 0.2) is 18.2 Å². The summed E-state index contributed by atoms with van der Waals surface area (Å²) >= 11 is 0. The summed E-state index contributed by atoms with van der Waals surface area (Å²) in [5.41, 5.74) is -1.36. The lowest BCUT2D eigenvalue weighted by molar-refractivity contribution is -0.270. The minimum absolute atomic E-state index is 0.597. The number of aromatic carboxylic acids is 2. The summed E-state index contributed by atoms with van der Waals surface area (Å²) in [6.45, 7) is 0. The predicted octanol–water partition coefficient (Wildman–Crippen LogP) is -1.18. The molecule has 0 saturated heterocycles. The van der Waals surface area contributed by atoms with Crippen molar-refractivity contribution < 1.29 is 24.9 Å². The molecule has 0 bridgehead atoms. The molecule has 1 aromatic rings. The number of carboxylic acids is 2. The van der Waals surface area contributed by atoms with Gasteiger partial charge in [0.2, 0.25) is 0 Å². The number of hydrogen-bond acceptors (Lipinski definition) is 4. The van der Waals surface area contributed by atoms with E-state index in [4.69, 9.17) is 5.11 Å². The standard InChI is InChI=1S/C8H6O5/c9-5-3-1-2-4(7(10)11)6(5)8(12)13/h1-3,9H,(H,10,11)(H,12,13)/p-2. The van der Waals surface area contributed by atoms with Crippen molar-refractivity contribution in [1.29, 1.82) is 0 Å². The first-order chi connectivity index (χ1) is 6.04. The summed E-state index contributed by atoms with van der Waals surface area (Å²) in [6.07, 6.45) is 0. The van der Waals surface area contributed by atoms with E-state index in [1.165, 1.54) is 6.07 Å². The van der Waals surface area contributed by atoms with Crippen molar-refractivity contribution >= 4 is 11.9 Å². The van der Waals surface area contributed by atoms with Crippen molar-refractivity contribution in [3.05, 3.63) is 29.3 Å². The van der Waals surface area contributed by atoms with Crippen LogP contribution in [0.1, 0.15) is 20.7 Å². The highest BCUT2D eigenvalue weighted by Gasteiger charge is 2.10. The van der Waals surface area contributed by atoms with Crippen molar-refractivity contribution in [2.24, 2.45) is 0 Å². The van der Waals surface area contributed by atoms with Crippen LogP contribution >= 0.6 is 0 Å². The van der Waals surface area contributed by atoms with Crippen molar-refractivity contribution in [2.75, 3.05) is 0 Å². The topological polar surface area (TPSA) is 100 Å². The summed E-state index contributed by atoms with van der Waals surface area (Å²) in [6, 6.07) is 3.16. The molecule has 5 heteroatoms. The molecule has 0 radical (unpaired) electrons. The van der Waals surface area contributed by atoms with Gasteiger partial charge in [-0.25, -0.2) is 4.79 Å². The highest BCUT2D eigenvalue weighted by Crippen LogP contribution is 2.17. The summed E-state index contributed by atoms with van der Waals surface area (Å²) < 4.78 is 0. The van der Waals surface area contributed by atoms with Gasteiger partial charge in [0.25, 0.3) is 0 Å². The average Bonchev–Trinajstić information content (AvgIpc) is 2.02. The zero-order valence-corrected chi connectivity index (χ0v) is 6.31. The third-order valence-corrected chi connectivity index (χ3v) is 1.46. The third-order valence-electron chi connectivity index (χ3n) is 1.46. The van der Waals surface area contributed by atoms with Gasteiger partial charge < -0.3 is 20.1 Å². The van der Waals surface area contributed by atoms with Crippen LogP contribution in [0.3, 0.4) is 0 Å². The molecule has 0 aliphatic heterocycles. The van der Waals surface area contributed by atoms with Crippen molar-refractivity contribution in [3.8, 4) is 5.75 Å². The lowest BCUT2D eigenvalue weighted by Gasteiger charge is -2.14. The molecule has 0 amide bonds. The number of rotatable bonds is 2. The van der Waals surface area contributed by atoms with Gasteiger partial charge >= 0.3 is 5.97 Å². The highest BCUT2D eigenvalue weighted by atomic mass is 16.4. The molecule has 0 atom stereocenters. The fourth-order valence-corrected chi connectivity index (χ4v) is 0.922. The maximum absolute atomic E-state index is 10.9. The summed E-state index contributed by atoms with van der Waals surface area (Å²) in [5.74, 6) is -4.07. The lowest BCUT2D eigenvalue weighted by Crippen LogP contribution is -2.25. The van der Waals surface area contributed by atoms with Crippen LogP contribution in [-0.4, -0.2) is 17.0 Å². The normalized spacial score (nSPS) is 9.54. The molecular weight excluding hydrogens is 176 g/mol. The minimum atomic E-state index is -1.67. The molecule has 0 saturated carbocycles. The van der Waals surface area contributed by atoms with Gasteiger partial charge in [-0.2, -0.15) is 0 Å². The molecule has 68 valence electrons. The molecule has 0 fully saturated rings. The Hall–Kier alpha value is -2.04. The molecule has 1 aromatic carbocycles. The van der Waals surface area contributed by atoms with Gasteiger partial charge in [-0.1, -0.05) is 23.9 Å². The first-order valence-corrected chi connectivity index (χ1v) is 3.28. The van der Waals surface area contributed by atoms with Crippen LogP contribution < -0.4 is 10.2 Å². The fourth-order valence-electron chi connectivity index (χ4n) is 0.922.